The smallest absolute Gasteiger partial charge is 0.226 e. The molecule has 0 unspecified atom stereocenters. The number of halogens is 2. The van der Waals surface area contributed by atoms with Crippen molar-refractivity contribution >= 4 is 0 Å². The molecule has 0 saturated carbocycles. The molecule has 0 aliphatic carbocycles. The largest absolute Gasteiger partial charge is 0.441 e. The van der Waals surface area contributed by atoms with E-state index in [1.165, 1.54) is 12.1 Å². The van der Waals surface area contributed by atoms with Crippen LogP contribution in [0.25, 0.3) is 11.5 Å². The van der Waals surface area contributed by atoms with Gasteiger partial charge in [-0.2, -0.15) is 0 Å². The number of nitrogens with zero attached hydrogens (tertiary/aromatic N) is 4. The molecule has 0 aliphatic rings. The van der Waals surface area contributed by atoms with E-state index in [-0.39, 0.29) is 11.5 Å². The fraction of sp³-hybridized carbons (Fsp3) is 0.312. The van der Waals surface area contributed by atoms with Gasteiger partial charge < -0.3 is 4.42 Å². The molecule has 0 fully saturated rings. The van der Waals surface area contributed by atoms with E-state index in [0.717, 1.165) is 17.5 Å². The number of benzene rings is 1. The minimum absolute atomic E-state index is 0.189. The summed E-state index contributed by atoms with van der Waals surface area (Å²) in [7, 11) is 1.89. The van der Waals surface area contributed by atoms with Gasteiger partial charge in [-0.1, -0.05) is 10.3 Å². The number of aryl methyl sites for hydroxylation is 2. The lowest BCUT2D eigenvalue weighted by Gasteiger charge is -2.13. The molecule has 0 atom stereocenters. The van der Waals surface area contributed by atoms with Crippen molar-refractivity contribution in [1.29, 1.82) is 0 Å². The molecule has 2 aromatic heterocycles. The van der Waals surface area contributed by atoms with Gasteiger partial charge in [0.2, 0.25) is 5.89 Å². The Bertz CT molecular complexity index is 839. The van der Waals surface area contributed by atoms with E-state index in [2.05, 4.69) is 19.9 Å². The summed E-state index contributed by atoms with van der Waals surface area (Å²) in [6, 6.07) is 3.18. The van der Waals surface area contributed by atoms with Crippen LogP contribution in [0.2, 0.25) is 0 Å². The average molecular weight is 334 g/mol. The predicted octanol–water partition coefficient (Wildman–Crippen LogP) is 3.25. The van der Waals surface area contributed by atoms with Gasteiger partial charge >= 0.3 is 0 Å². The molecule has 24 heavy (non-hydrogen) atoms. The summed E-state index contributed by atoms with van der Waals surface area (Å²) < 4.78 is 36.9. The van der Waals surface area contributed by atoms with Crippen molar-refractivity contribution in [3.05, 3.63) is 52.7 Å². The van der Waals surface area contributed by atoms with Crippen LogP contribution in [0.15, 0.2) is 27.2 Å². The first-order chi connectivity index (χ1) is 11.4. The van der Waals surface area contributed by atoms with Crippen molar-refractivity contribution in [1.82, 2.24) is 20.2 Å². The van der Waals surface area contributed by atoms with Crippen molar-refractivity contribution in [2.45, 2.75) is 26.9 Å². The van der Waals surface area contributed by atoms with Crippen molar-refractivity contribution < 1.29 is 17.8 Å². The Hall–Kier alpha value is -2.61. The van der Waals surface area contributed by atoms with Crippen LogP contribution in [0.5, 0.6) is 0 Å². The van der Waals surface area contributed by atoms with Gasteiger partial charge in [0, 0.05) is 24.7 Å². The van der Waals surface area contributed by atoms with Gasteiger partial charge in [0.15, 0.2) is 0 Å². The average Bonchev–Trinajstić information content (AvgIpc) is 3.05. The van der Waals surface area contributed by atoms with E-state index in [9.17, 15) is 8.78 Å². The molecule has 2 heterocycles. The Morgan fingerprint density at radius 3 is 2.29 bits per heavy atom. The lowest BCUT2D eigenvalue weighted by atomic mass is 10.2. The van der Waals surface area contributed by atoms with E-state index in [1.54, 1.807) is 6.92 Å². The number of hydrogen-bond donors (Lipinski definition) is 0. The molecule has 126 valence electrons. The fourth-order valence-corrected chi connectivity index (χ4v) is 2.34. The SMILES string of the molecule is Cc1nonc1CN(C)Cc1nc(-c2cc(F)cc(F)c2)oc1C. The second kappa shape index (κ2) is 6.48. The van der Waals surface area contributed by atoms with Crippen LogP contribution < -0.4 is 0 Å². The molecule has 0 aliphatic heterocycles. The zero-order valence-corrected chi connectivity index (χ0v) is 13.5. The molecule has 3 rings (SSSR count). The minimum atomic E-state index is -0.673. The van der Waals surface area contributed by atoms with E-state index in [0.29, 0.717) is 24.5 Å². The molecular weight excluding hydrogens is 318 g/mol. The van der Waals surface area contributed by atoms with Gasteiger partial charge in [-0.05, 0) is 33.0 Å². The fourth-order valence-electron chi connectivity index (χ4n) is 2.34. The predicted molar refractivity (Wildman–Crippen MR) is 80.8 cm³/mol. The maximum absolute atomic E-state index is 13.3. The van der Waals surface area contributed by atoms with Gasteiger partial charge in [0.1, 0.15) is 28.8 Å². The highest BCUT2D eigenvalue weighted by Crippen LogP contribution is 2.24. The minimum Gasteiger partial charge on any atom is -0.441 e. The van der Waals surface area contributed by atoms with Gasteiger partial charge in [-0.25, -0.2) is 18.4 Å². The number of hydrogen-bond acceptors (Lipinski definition) is 6. The van der Waals surface area contributed by atoms with Gasteiger partial charge in [0.25, 0.3) is 0 Å². The van der Waals surface area contributed by atoms with Gasteiger partial charge in [-0.3, -0.25) is 4.90 Å². The standard InChI is InChI=1S/C16H16F2N4O2/c1-9-14(21-24-20-9)7-22(3)8-15-10(2)23-16(19-15)11-4-12(17)6-13(18)5-11/h4-6H,7-8H2,1-3H3. The van der Waals surface area contributed by atoms with E-state index in [4.69, 9.17) is 4.42 Å². The van der Waals surface area contributed by atoms with Crippen LogP contribution in [0.4, 0.5) is 8.78 Å². The van der Waals surface area contributed by atoms with E-state index < -0.39 is 11.6 Å². The number of rotatable bonds is 5. The second-order valence-electron chi connectivity index (χ2n) is 5.65. The molecule has 1 aromatic carbocycles. The first-order valence-electron chi connectivity index (χ1n) is 7.31. The molecule has 3 aromatic rings. The lowest BCUT2D eigenvalue weighted by molar-refractivity contribution is 0.277. The first-order valence-corrected chi connectivity index (χ1v) is 7.31. The summed E-state index contributed by atoms with van der Waals surface area (Å²) >= 11 is 0. The summed E-state index contributed by atoms with van der Waals surface area (Å²) in [5.74, 6) is -0.563. The molecule has 0 saturated heterocycles. The van der Waals surface area contributed by atoms with Crippen LogP contribution in [-0.2, 0) is 13.1 Å². The zero-order chi connectivity index (χ0) is 17.3. The summed E-state index contributed by atoms with van der Waals surface area (Å²) in [5.41, 5.74) is 2.42. The highest BCUT2D eigenvalue weighted by atomic mass is 19.1. The van der Waals surface area contributed by atoms with Crippen LogP contribution in [0, 0.1) is 25.5 Å². The summed E-state index contributed by atoms with van der Waals surface area (Å²) in [5, 5.41) is 7.57. The van der Waals surface area contributed by atoms with Crippen molar-refractivity contribution in [3.8, 4) is 11.5 Å². The van der Waals surface area contributed by atoms with Gasteiger partial charge in [-0.15, -0.1) is 0 Å². The molecule has 0 bridgehead atoms. The highest BCUT2D eigenvalue weighted by molar-refractivity contribution is 5.53. The molecule has 0 spiro atoms. The van der Waals surface area contributed by atoms with Crippen LogP contribution >= 0.6 is 0 Å². The number of oxazole rings is 1. The molecule has 0 N–H and O–H groups in total. The molecule has 0 radical (unpaired) electrons. The quantitative estimate of drug-likeness (QED) is 0.713. The van der Waals surface area contributed by atoms with Gasteiger partial charge in [0.05, 0.1) is 5.69 Å². The second-order valence-corrected chi connectivity index (χ2v) is 5.65. The highest BCUT2D eigenvalue weighted by Gasteiger charge is 2.16. The summed E-state index contributed by atoms with van der Waals surface area (Å²) in [6.45, 7) is 4.60. The van der Waals surface area contributed by atoms with E-state index >= 15 is 0 Å². The maximum atomic E-state index is 13.3. The van der Waals surface area contributed by atoms with Crippen LogP contribution in [0.3, 0.4) is 0 Å². The zero-order valence-electron chi connectivity index (χ0n) is 13.5. The summed E-state index contributed by atoms with van der Waals surface area (Å²) in [6.07, 6.45) is 0. The summed E-state index contributed by atoms with van der Waals surface area (Å²) in [4.78, 5) is 6.32. The van der Waals surface area contributed by atoms with E-state index in [1.807, 2.05) is 18.9 Å². The van der Waals surface area contributed by atoms with Crippen LogP contribution in [0.1, 0.15) is 22.8 Å². The van der Waals surface area contributed by atoms with Crippen molar-refractivity contribution in [2.75, 3.05) is 7.05 Å². The first kappa shape index (κ1) is 16.3. The lowest BCUT2D eigenvalue weighted by Crippen LogP contribution is -2.18. The molecule has 6 nitrogen and oxygen atoms in total. The molecular formula is C16H16F2N4O2. The monoisotopic (exact) mass is 334 g/mol. The molecule has 8 heteroatoms. The normalized spacial score (nSPS) is 11.4. The third kappa shape index (κ3) is 3.48. The van der Waals surface area contributed by atoms with Crippen LogP contribution in [-0.4, -0.2) is 27.2 Å². The Morgan fingerprint density at radius 2 is 1.67 bits per heavy atom. The third-order valence-electron chi connectivity index (χ3n) is 3.59. The molecule has 0 amide bonds. The Kier molecular flexibility index (Phi) is 4.39. The third-order valence-corrected chi connectivity index (χ3v) is 3.59. The topological polar surface area (TPSA) is 68.2 Å². The maximum Gasteiger partial charge on any atom is 0.226 e. The van der Waals surface area contributed by atoms with Crippen molar-refractivity contribution in [3.63, 3.8) is 0 Å². The number of aromatic nitrogens is 3. The Labute approximate surface area is 137 Å². The Balaban J connectivity index is 1.77. The Morgan fingerprint density at radius 1 is 1.00 bits per heavy atom. The van der Waals surface area contributed by atoms with Crippen molar-refractivity contribution in [2.24, 2.45) is 0 Å².